The van der Waals surface area contributed by atoms with Crippen LogP contribution >= 0.6 is 11.6 Å². The third-order valence-electron chi connectivity index (χ3n) is 3.85. The molecular formula is C19H21ClN2O4. The minimum absolute atomic E-state index is 0.0923. The molecule has 6 nitrogen and oxygen atoms in total. The molecule has 0 unspecified atom stereocenters. The first-order chi connectivity index (χ1) is 12.5. The minimum Gasteiger partial charge on any atom is -0.493 e. The Labute approximate surface area is 157 Å². The van der Waals surface area contributed by atoms with Crippen LogP contribution in [0.3, 0.4) is 0 Å². The number of nitro benzene ring substituents is 1. The Balaban J connectivity index is 2.12. The van der Waals surface area contributed by atoms with Gasteiger partial charge in [0.2, 0.25) is 0 Å². The molecule has 0 aliphatic rings. The molecule has 0 aromatic heterocycles. The molecule has 0 saturated heterocycles. The zero-order chi connectivity index (χ0) is 19.1. The summed E-state index contributed by atoms with van der Waals surface area (Å²) in [6.45, 7) is 4.82. The van der Waals surface area contributed by atoms with Crippen LogP contribution in [0.1, 0.15) is 16.7 Å². The van der Waals surface area contributed by atoms with Crippen LogP contribution < -0.4 is 14.8 Å². The topological polar surface area (TPSA) is 73.6 Å². The Bertz CT molecular complexity index is 808. The predicted molar refractivity (Wildman–Crippen MR) is 102 cm³/mol. The van der Waals surface area contributed by atoms with E-state index in [0.29, 0.717) is 31.0 Å². The lowest BCUT2D eigenvalue weighted by Crippen LogP contribution is -2.13. The molecule has 0 bridgehead atoms. The largest absolute Gasteiger partial charge is 0.493 e. The number of halogens is 1. The van der Waals surface area contributed by atoms with Crippen molar-refractivity contribution in [1.29, 1.82) is 0 Å². The van der Waals surface area contributed by atoms with Gasteiger partial charge in [0.25, 0.3) is 5.69 Å². The molecule has 0 heterocycles. The van der Waals surface area contributed by atoms with E-state index < -0.39 is 4.92 Å². The summed E-state index contributed by atoms with van der Waals surface area (Å²) < 4.78 is 10.8. The fourth-order valence-corrected chi connectivity index (χ4v) is 2.86. The van der Waals surface area contributed by atoms with E-state index in [4.69, 9.17) is 21.1 Å². The number of methoxy groups -OCH3 is 2. The average molecular weight is 377 g/mol. The number of nitrogens with one attached hydrogen (secondary N) is 1. The maximum Gasteiger partial charge on any atom is 0.288 e. The number of hydrogen-bond donors (Lipinski definition) is 1. The second-order valence-corrected chi connectivity index (χ2v) is 6.04. The molecular weight excluding hydrogens is 356 g/mol. The molecule has 0 amide bonds. The highest BCUT2D eigenvalue weighted by atomic mass is 35.5. The Kier molecular flexibility index (Phi) is 7.00. The smallest absolute Gasteiger partial charge is 0.288 e. The highest BCUT2D eigenvalue weighted by molar-refractivity contribution is 6.32. The van der Waals surface area contributed by atoms with Gasteiger partial charge in [-0.05, 0) is 29.7 Å². The Hall–Kier alpha value is -2.57. The van der Waals surface area contributed by atoms with Crippen molar-refractivity contribution >= 4 is 17.3 Å². The van der Waals surface area contributed by atoms with E-state index in [1.165, 1.54) is 12.1 Å². The molecule has 0 saturated carbocycles. The van der Waals surface area contributed by atoms with Gasteiger partial charge in [-0.15, -0.1) is 6.58 Å². The maximum atomic E-state index is 11.0. The zero-order valence-electron chi connectivity index (χ0n) is 14.8. The van der Waals surface area contributed by atoms with Crippen molar-refractivity contribution in [2.24, 2.45) is 0 Å². The summed E-state index contributed by atoms with van der Waals surface area (Å²) in [4.78, 5) is 10.5. The quantitative estimate of drug-likeness (QED) is 0.401. The second kappa shape index (κ2) is 9.22. The van der Waals surface area contributed by atoms with Crippen molar-refractivity contribution in [2.45, 2.75) is 19.5 Å². The lowest BCUT2D eigenvalue weighted by atomic mass is 10.1. The molecule has 0 aliphatic heterocycles. The summed E-state index contributed by atoms with van der Waals surface area (Å²) in [6.07, 6.45) is 2.47. The van der Waals surface area contributed by atoms with Gasteiger partial charge < -0.3 is 14.8 Å². The molecule has 0 radical (unpaired) electrons. The molecule has 26 heavy (non-hydrogen) atoms. The average Bonchev–Trinajstić information content (AvgIpc) is 2.62. The highest BCUT2D eigenvalue weighted by Crippen LogP contribution is 2.33. The molecule has 7 heteroatoms. The van der Waals surface area contributed by atoms with Crippen LogP contribution in [0.2, 0.25) is 5.02 Å². The van der Waals surface area contributed by atoms with Crippen LogP contribution in [0.15, 0.2) is 43.0 Å². The summed E-state index contributed by atoms with van der Waals surface area (Å²) >= 11 is 5.83. The van der Waals surface area contributed by atoms with Gasteiger partial charge in [-0.3, -0.25) is 10.1 Å². The summed E-state index contributed by atoms with van der Waals surface area (Å²) in [5, 5.41) is 14.4. The Morgan fingerprint density at radius 3 is 2.54 bits per heavy atom. The first-order valence-electron chi connectivity index (χ1n) is 7.98. The summed E-state index contributed by atoms with van der Waals surface area (Å²) in [5.74, 6) is 1.36. The van der Waals surface area contributed by atoms with E-state index in [1.807, 2.05) is 12.1 Å². The first-order valence-corrected chi connectivity index (χ1v) is 8.36. The number of ether oxygens (including phenoxy) is 2. The Morgan fingerprint density at radius 2 is 1.92 bits per heavy atom. The lowest BCUT2D eigenvalue weighted by Gasteiger charge is -2.15. The normalized spacial score (nSPS) is 10.4. The molecule has 0 spiro atoms. The third-order valence-corrected chi connectivity index (χ3v) is 4.16. The number of allylic oxidation sites excluding steroid dienone is 1. The van der Waals surface area contributed by atoms with E-state index in [0.717, 1.165) is 16.7 Å². The van der Waals surface area contributed by atoms with Gasteiger partial charge in [-0.2, -0.15) is 0 Å². The van der Waals surface area contributed by atoms with Gasteiger partial charge in [-0.25, -0.2) is 0 Å². The number of benzene rings is 2. The minimum atomic E-state index is -0.484. The summed E-state index contributed by atoms with van der Waals surface area (Å²) in [7, 11) is 3.20. The second-order valence-electron chi connectivity index (χ2n) is 5.63. The maximum absolute atomic E-state index is 11.0. The van der Waals surface area contributed by atoms with Crippen LogP contribution in [0.25, 0.3) is 0 Å². The molecule has 2 rings (SSSR count). The number of nitro groups is 1. The molecule has 2 aromatic rings. The van der Waals surface area contributed by atoms with E-state index in [2.05, 4.69) is 11.9 Å². The molecule has 138 valence electrons. The highest BCUT2D eigenvalue weighted by Gasteiger charge is 2.13. The van der Waals surface area contributed by atoms with Crippen molar-refractivity contribution in [3.63, 3.8) is 0 Å². The Morgan fingerprint density at radius 1 is 1.19 bits per heavy atom. The van der Waals surface area contributed by atoms with Gasteiger partial charge in [0.15, 0.2) is 11.5 Å². The number of rotatable bonds is 9. The third kappa shape index (κ3) is 4.74. The van der Waals surface area contributed by atoms with Crippen molar-refractivity contribution in [1.82, 2.24) is 5.32 Å². The van der Waals surface area contributed by atoms with Crippen LogP contribution in [0, 0.1) is 10.1 Å². The van der Waals surface area contributed by atoms with Crippen molar-refractivity contribution in [3.8, 4) is 11.5 Å². The van der Waals surface area contributed by atoms with Gasteiger partial charge in [0, 0.05) is 24.7 Å². The fourth-order valence-electron chi connectivity index (χ4n) is 2.67. The SMILES string of the molecule is C=CCc1cc(CNCc2ccc(Cl)c([N+](=O)[O-])c2)cc(OC)c1OC. The molecule has 0 atom stereocenters. The summed E-state index contributed by atoms with van der Waals surface area (Å²) in [6, 6.07) is 8.71. The fraction of sp³-hybridized carbons (Fsp3) is 0.263. The van der Waals surface area contributed by atoms with Crippen LogP contribution in [0.4, 0.5) is 5.69 Å². The molecule has 0 aliphatic carbocycles. The standard InChI is InChI=1S/C19H21ClN2O4/c1-4-5-15-8-14(10-18(25-2)19(15)26-3)12-21-11-13-6-7-16(20)17(9-13)22(23)24/h4,6-10,21H,1,5,11-12H2,2-3H3. The molecule has 0 fully saturated rings. The van der Waals surface area contributed by atoms with Gasteiger partial charge in [0.05, 0.1) is 19.1 Å². The van der Waals surface area contributed by atoms with Crippen molar-refractivity contribution in [2.75, 3.05) is 14.2 Å². The van der Waals surface area contributed by atoms with Crippen LogP contribution in [-0.4, -0.2) is 19.1 Å². The number of hydrogen-bond acceptors (Lipinski definition) is 5. The van der Waals surface area contributed by atoms with E-state index in [1.54, 1.807) is 26.4 Å². The first kappa shape index (κ1) is 19.8. The molecule has 2 aromatic carbocycles. The van der Waals surface area contributed by atoms with Crippen molar-refractivity contribution < 1.29 is 14.4 Å². The zero-order valence-corrected chi connectivity index (χ0v) is 15.5. The lowest BCUT2D eigenvalue weighted by molar-refractivity contribution is -0.384. The van der Waals surface area contributed by atoms with Gasteiger partial charge in [-0.1, -0.05) is 29.8 Å². The van der Waals surface area contributed by atoms with Gasteiger partial charge in [0.1, 0.15) is 5.02 Å². The van der Waals surface area contributed by atoms with Crippen molar-refractivity contribution in [3.05, 3.63) is 74.8 Å². The van der Waals surface area contributed by atoms with Crippen LogP contribution in [-0.2, 0) is 19.5 Å². The van der Waals surface area contributed by atoms with Gasteiger partial charge >= 0.3 is 0 Å². The monoisotopic (exact) mass is 376 g/mol. The molecule has 1 N–H and O–H groups in total. The summed E-state index contributed by atoms with van der Waals surface area (Å²) in [5.41, 5.74) is 2.70. The number of nitrogens with zero attached hydrogens (tertiary/aromatic N) is 1. The van der Waals surface area contributed by atoms with E-state index in [9.17, 15) is 10.1 Å². The predicted octanol–water partition coefficient (Wildman–Crippen LogP) is 4.28. The van der Waals surface area contributed by atoms with E-state index in [-0.39, 0.29) is 10.7 Å². The van der Waals surface area contributed by atoms with E-state index >= 15 is 0 Å². The van der Waals surface area contributed by atoms with Crippen LogP contribution in [0.5, 0.6) is 11.5 Å².